The van der Waals surface area contributed by atoms with Crippen molar-refractivity contribution in [2.24, 2.45) is 5.92 Å². The van der Waals surface area contributed by atoms with Crippen LogP contribution in [0.1, 0.15) is 18.4 Å². The summed E-state index contributed by atoms with van der Waals surface area (Å²) in [6.07, 6.45) is 3.06. The summed E-state index contributed by atoms with van der Waals surface area (Å²) >= 11 is 0. The molecule has 3 heteroatoms. The highest BCUT2D eigenvalue weighted by molar-refractivity contribution is 5.33. The molecule has 1 aliphatic heterocycles. The minimum absolute atomic E-state index is 0.174. The van der Waals surface area contributed by atoms with Crippen LogP contribution in [-0.2, 0) is 6.42 Å². The number of ether oxygens (including phenoxy) is 1. The Morgan fingerprint density at radius 1 is 1.24 bits per heavy atom. The first-order chi connectivity index (χ1) is 8.40. The number of piperidine rings is 1. The van der Waals surface area contributed by atoms with Crippen LogP contribution in [0.5, 0.6) is 5.75 Å². The fourth-order valence-corrected chi connectivity index (χ4v) is 2.23. The van der Waals surface area contributed by atoms with Gasteiger partial charge in [0.25, 0.3) is 0 Å². The van der Waals surface area contributed by atoms with Crippen molar-refractivity contribution in [2.75, 3.05) is 26.3 Å². The number of rotatable bonds is 5. The number of hydrogen-bond acceptors (Lipinski definition) is 3. The van der Waals surface area contributed by atoms with E-state index < -0.39 is 0 Å². The number of nitrogens with one attached hydrogen (secondary N) is 1. The van der Waals surface area contributed by atoms with E-state index in [4.69, 9.17) is 9.84 Å². The van der Waals surface area contributed by atoms with Gasteiger partial charge in [-0.25, -0.2) is 0 Å². The van der Waals surface area contributed by atoms with Crippen LogP contribution < -0.4 is 10.1 Å². The van der Waals surface area contributed by atoms with Crippen LogP contribution in [0.25, 0.3) is 0 Å². The third-order valence-electron chi connectivity index (χ3n) is 3.29. The van der Waals surface area contributed by atoms with Gasteiger partial charge in [-0.15, -0.1) is 0 Å². The van der Waals surface area contributed by atoms with Crippen LogP contribution in [0, 0.1) is 5.92 Å². The van der Waals surface area contributed by atoms with E-state index in [-0.39, 0.29) is 6.61 Å². The summed E-state index contributed by atoms with van der Waals surface area (Å²) in [6.45, 7) is 3.18. The van der Waals surface area contributed by atoms with Crippen molar-refractivity contribution in [1.29, 1.82) is 0 Å². The molecule has 0 spiro atoms. The van der Waals surface area contributed by atoms with Gasteiger partial charge in [0.2, 0.25) is 0 Å². The topological polar surface area (TPSA) is 41.5 Å². The van der Waals surface area contributed by atoms with Gasteiger partial charge < -0.3 is 15.2 Å². The molecular weight excluding hydrogens is 214 g/mol. The van der Waals surface area contributed by atoms with Crippen molar-refractivity contribution in [3.8, 4) is 5.75 Å². The monoisotopic (exact) mass is 235 g/mol. The molecule has 94 valence electrons. The Morgan fingerprint density at radius 2 is 2.00 bits per heavy atom. The van der Waals surface area contributed by atoms with Gasteiger partial charge in [-0.3, -0.25) is 0 Å². The fraction of sp³-hybridized carbons (Fsp3) is 0.571. The Hall–Kier alpha value is -1.06. The Bertz CT molecular complexity index is 335. The number of aliphatic hydroxyl groups excluding tert-OH is 1. The first-order valence-corrected chi connectivity index (χ1v) is 6.42. The van der Waals surface area contributed by atoms with Gasteiger partial charge in [0.05, 0.1) is 6.61 Å². The molecule has 0 unspecified atom stereocenters. The lowest BCUT2D eigenvalue weighted by molar-refractivity contribution is 0.212. The van der Waals surface area contributed by atoms with E-state index in [1.54, 1.807) is 0 Å². The van der Waals surface area contributed by atoms with E-state index in [2.05, 4.69) is 5.32 Å². The summed E-state index contributed by atoms with van der Waals surface area (Å²) in [6, 6.07) is 7.99. The third kappa shape index (κ3) is 3.72. The van der Waals surface area contributed by atoms with Gasteiger partial charge in [-0.2, -0.15) is 0 Å². The average Bonchev–Trinajstić information content (AvgIpc) is 2.39. The van der Waals surface area contributed by atoms with Crippen LogP contribution in [0.15, 0.2) is 24.3 Å². The van der Waals surface area contributed by atoms with Gasteiger partial charge in [0.1, 0.15) is 5.75 Å². The van der Waals surface area contributed by atoms with Crippen molar-refractivity contribution < 1.29 is 9.84 Å². The number of hydrogen-bond donors (Lipinski definition) is 2. The Morgan fingerprint density at radius 3 is 2.76 bits per heavy atom. The van der Waals surface area contributed by atoms with Crippen molar-refractivity contribution in [3.05, 3.63) is 29.8 Å². The highest BCUT2D eigenvalue weighted by Gasteiger charge is 2.14. The second kappa shape index (κ2) is 6.62. The molecule has 3 nitrogen and oxygen atoms in total. The Kier molecular flexibility index (Phi) is 4.83. The first kappa shape index (κ1) is 12.4. The predicted octanol–water partition coefficient (Wildman–Crippen LogP) is 1.60. The summed E-state index contributed by atoms with van der Waals surface area (Å²) in [5.41, 5.74) is 1.10. The summed E-state index contributed by atoms with van der Waals surface area (Å²) in [5.74, 6) is 1.60. The molecule has 17 heavy (non-hydrogen) atoms. The van der Waals surface area contributed by atoms with E-state index in [1.165, 1.54) is 12.8 Å². The molecule has 2 rings (SSSR count). The molecule has 1 heterocycles. The van der Waals surface area contributed by atoms with Crippen LogP contribution in [0.3, 0.4) is 0 Å². The van der Waals surface area contributed by atoms with Crippen LogP contribution in [-0.4, -0.2) is 31.4 Å². The molecule has 0 aliphatic carbocycles. The van der Waals surface area contributed by atoms with Gasteiger partial charge in [-0.1, -0.05) is 18.2 Å². The second-order valence-electron chi connectivity index (χ2n) is 4.59. The zero-order chi connectivity index (χ0) is 11.9. The zero-order valence-electron chi connectivity index (χ0n) is 10.2. The molecule has 1 saturated heterocycles. The summed E-state index contributed by atoms with van der Waals surface area (Å²) in [7, 11) is 0. The van der Waals surface area contributed by atoms with Gasteiger partial charge >= 0.3 is 0 Å². The Labute approximate surface area is 103 Å². The third-order valence-corrected chi connectivity index (χ3v) is 3.29. The normalized spacial score (nSPS) is 17.0. The molecule has 0 atom stereocenters. The standard InChI is InChI=1S/C14H21NO2/c16-10-7-13-3-1-2-4-14(13)17-11-12-5-8-15-9-6-12/h1-4,12,15-16H,5-11H2. The zero-order valence-corrected chi connectivity index (χ0v) is 10.2. The van der Waals surface area contributed by atoms with E-state index in [0.29, 0.717) is 12.3 Å². The fourth-order valence-electron chi connectivity index (χ4n) is 2.23. The highest BCUT2D eigenvalue weighted by Crippen LogP contribution is 2.20. The van der Waals surface area contributed by atoms with E-state index >= 15 is 0 Å². The lowest BCUT2D eigenvalue weighted by atomic mass is 9.99. The first-order valence-electron chi connectivity index (χ1n) is 6.42. The molecular formula is C14H21NO2. The van der Waals surface area contributed by atoms with Crippen molar-refractivity contribution in [1.82, 2.24) is 5.32 Å². The summed E-state index contributed by atoms with van der Waals surface area (Å²) < 4.78 is 5.89. The van der Waals surface area contributed by atoms with Crippen molar-refractivity contribution in [3.63, 3.8) is 0 Å². The maximum absolute atomic E-state index is 9.00. The Balaban J connectivity index is 1.88. The van der Waals surface area contributed by atoms with Gasteiger partial charge in [0, 0.05) is 6.61 Å². The van der Waals surface area contributed by atoms with E-state index in [9.17, 15) is 0 Å². The second-order valence-corrected chi connectivity index (χ2v) is 4.59. The minimum Gasteiger partial charge on any atom is -0.493 e. The molecule has 0 radical (unpaired) electrons. The smallest absolute Gasteiger partial charge is 0.122 e. The molecule has 0 aromatic heterocycles. The van der Waals surface area contributed by atoms with Crippen LogP contribution >= 0.6 is 0 Å². The number of benzene rings is 1. The van der Waals surface area contributed by atoms with Gasteiger partial charge in [-0.05, 0) is 49.9 Å². The summed E-state index contributed by atoms with van der Waals surface area (Å²) in [5, 5.41) is 12.4. The maximum atomic E-state index is 9.00. The lowest BCUT2D eigenvalue weighted by Gasteiger charge is -2.23. The summed E-state index contributed by atoms with van der Waals surface area (Å²) in [4.78, 5) is 0. The lowest BCUT2D eigenvalue weighted by Crippen LogP contribution is -2.30. The van der Waals surface area contributed by atoms with Crippen molar-refractivity contribution in [2.45, 2.75) is 19.3 Å². The molecule has 1 fully saturated rings. The molecule has 0 amide bonds. The van der Waals surface area contributed by atoms with Crippen LogP contribution in [0.2, 0.25) is 0 Å². The molecule has 0 bridgehead atoms. The largest absolute Gasteiger partial charge is 0.493 e. The molecule has 2 N–H and O–H groups in total. The molecule has 1 aliphatic rings. The molecule has 1 aromatic rings. The quantitative estimate of drug-likeness (QED) is 0.814. The highest BCUT2D eigenvalue weighted by atomic mass is 16.5. The van der Waals surface area contributed by atoms with Gasteiger partial charge in [0.15, 0.2) is 0 Å². The number of aliphatic hydroxyl groups is 1. The van der Waals surface area contributed by atoms with Crippen LogP contribution in [0.4, 0.5) is 0 Å². The SMILES string of the molecule is OCCc1ccccc1OCC1CCNCC1. The molecule has 0 saturated carbocycles. The predicted molar refractivity (Wildman–Crippen MR) is 68.3 cm³/mol. The minimum atomic E-state index is 0.174. The van der Waals surface area contributed by atoms with E-state index in [1.807, 2.05) is 24.3 Å². The average molecular weight is 235 g/mol. The molecule has 1 aromatic carbocycles. The van der Waals surface area contributed by atoms with Crippen molar-refractivity contribution >= 4 is 0 Å². The number of para-hydroxylation sites is 1. The maximum Gasteiger partial charge on any atom is 0.122 e. The van der Waals surface area contributed by atoms with E-state index in [0.717, 1.165) is 31.0 Å².